The highest BCUT2D eigenvalue weighted by Gasteiger charge is 2.16. The van der Waals surface area contributed by atoms with Gasteiger partial charge in [0, 0.05) is 33.6 Å². The molecule has 0 aliphatic carbocycles. The number of amides is 1. The Kier molecular flexibility index (Phi) is 6.03. The highest BCUT2D eigenvalue weighted by molar-refractivity contribution is 8.00. The summed E-state index contributed by atoms with van der Waals surface area (Å²) >= 11 is 1.75. The number of pyridine rings is 1. The minimum Gasteiger partial charge on any atom is -0.359 e. The second-order valence-corrected chi connectivity index (χ2v) is 9.23. The van der Waals surface area contributed by atoms with Gasteiger partial charge in [-0.25, -0.2) is 4.98 Å². The minimum absolute atomic E-state index is 0.122. The van der Waals surface area contributed by atoms with E-state index in [4.69, 9.17) is 9.72 Å². The quantitative estimate of drug-likeness (QED) is 0.371. The topological polar surface area (TPSA) is 54.5 Å². The zero-order valence-electron chi connectivity index (χ0n) is 18.7. The van der Waals surface area contributed by atoms with E-state index in [1.54, 1.807) is 11.9 Å². The van der Waals surface area contributed by atoms with Crippen molar-refractivity contribution in [1.29, 1.82) is 0 Å². The highest BCUT2D eigenvalue weighted by atomic mass is 32.2. The predicted octanol–water partition coefficient (Wildman–Crippen LogP) is 6.21. The molecule has 1 aromatic heterocycles. The van der Waals surface area contributed by atoms with Gasteiger partial charge in [0.1, 0.15) is 6.73 Å². The number of aryl methyl sites for hydroxylation is 2. The molecular formula is C27H25N3O2S. The Labute approximate surface area is 197 Å². The lowest BCUT2D eigenvalue weighted by molar-refractivity contribution is 0.102. The van der Waals surface area contributed by atoms with Gasteiger partial charge in [-0.3, -0.25) is 9.10 Å². The summed E-state index contributed by atoms with van der Waals surface area (Å²) in [6, 6.07) is 24.0. The molecule has 3 aromatic carbocycles. The number of nitrogens with zero attached hydrogens (tertiary/aromatic N) is 2. The lowest BCUT2D eigenvalue weighted by atomic mass is 10.0. The van der Waals surface area contributed by atoms with Crippen LogP contribution in [0.25, 0.3) is 22.2 Å². The molecule has 1 aliphatic rings. The summed E-state index contributed by atoms with van der Waals surface area (Å²) in [4.78, 5) is 17.9. The largest absolute Gasteiger partial charge is 0.359 e. The summed E-state index contributed by atoms with van der Waals surface area (Å²) in [6.45, 7) is 5.36. The van der Waals surface area contributed by atoms with E-state index in [2.05, 4.69) is 28.7 Å². The second-order valence-electron chi connectivity index (χ2n) is 8.12. The van der Waals surface area contributed by atoms with Gasteiger partial charge >= 0.3 is 0 Å². The summed E-state index contributed by atoms with van der Waals surface area (Å²) in [5.74, 6) is 0.811. The molecule has 0 saturated carbocycles. The predicted molar refractivity (Wildman–Crippen MR) is 137 cm³/mol. The molecule has 5 nitrogen and oxygen atoms in total. The van der Waals surface area contributed by atoms with Crippen molar-refractivity contribution in [2.75, 3.05) is 28.7 Å². The number of carbonyl (C=O) groups is 1. The lowest BCUT2D eigenvalue weighted by Gasteiger charge is -2.27. The summed E-state index contributed by atoms with van der Waals surface area (Å²) in [5.41, 5.74) is 7.35. The van der Waals surface area contributed by atoms with Crippen LogP contribution < -0.4 is 9.62 Å². The van der Waals surface area contributed by atoms with E-state index < -0.39 is 0 Å². The number of rotatable bonds is 4. The Hall–Kier alpha value is -3.35. The summed E-state index contributed by atoms with van der Waals surface area (Å²) in [7, 11) is 0. The number of anilines is 2. The smallest absolute Gasteiger partial charge is 0.255 e. The van der Waals surface area contributed by atoms with Crippen molar-refractivity contribution in [1.82, 2.24) is 4.98 Å². The third-order valence-electron chi connectivity index (χ3n) is 5.80. The molecule has 6 heteroatoms. The molecule has 0 spiro atoms. The fourth-order valence-corrected chi connectivity index (χ4v) is 4.81. The van der Waals surface area contributed by atoms with Gasteiger partial charge in [-0.15, -0.1) is 0 Å². The number of carbonyl (C=O) groups excluding carboxylic acids is 1. The van der Waals surface area contributed by atoms with Gasteiger partial charge in [-0.05, 0) is 79.4 Å². The van der Waals surface area contributed by atoms with Crippen molar-refractivity contribution >= 4 is 40.1 Å². The Morgan fingerprint density at radius 2 is 1.88 bits per heavy atom. The molecule has 0 radical (unpaired) electrons. The maximum Gasteiger partial charge on any atom is 0.255 e. The third kappa shape index (κ3) is 4.58. The normalized spacial score (nSPS) is 13.8. The van der Waals surface area contributed by atoms with Crippen LogP contribution in [0.1, 0.15) is 21.5 Å². The Balaban J connectivity index is 1.38. The number of fused-ring (bicyclic) bond motifs is 1. The van der Waals surface area contributed by atoms with E-state index in [9.17, 15) is 4.79 Å². The van der Waals surface area contributed by atoms with Gasteiger partial charge in [-0.1, -0.05) is 30.3 Å². The summed E-state index contributed by atoms with van der Waals surface area (Å²) < 4.78 is 7.65. The molecule has 0 unspecified atom stereocenters. The molecule has 33 heavy (non-hydrogen) atoms. The molecule has 4 aromatic rings. The summed E-state index contributed by atoms with van der Waals surface area (Å²) in [5, 5.41) is 4.17. The first-order chi connectivity index (χ1) is 16.1. The van der Waals surface area contributed by atoms with Crippen molar-refractivity contribution in [3.8, 4) is 11.3 Å². The van der Waals surface area contributed by atoms with Crippen LogP contribution in [0.15, 0.2) is 72.8 Å². The second kappa shape index (κ2) is 9.25. The Morgan fingerprint density at radius 1 is 1.00 bits per heavy atom. The molecule has 166 valence electrons. The van der Waals surface area contributed by atoms with Crippen LogP contribution in [-0.4, -0.2) is 30.0 Å². The van der Waals surface area contributed by atoms with Crippen molar-refractivity contribution in [3.05, 3.63) is 89.5 Å². The molecule has 1 amide bonds. The molecule has 5 rings (SSSR count). The SMILES string of the molecule is Cc1cc(N2COCCS2)ccc1C(=O)Nc1ccc(C)c(-c2ccc3ccccc3n2)c1. The van der Waals surface area contributed by atoms with E-state index in [0.29, 0.717) is 12.3 Å². The minimum atomic E-state index is -0.122. The monoisotopic (exact) mass is 455 g/mol. The van der Waals surface area contributed by atoms with Crippen LogP contribution in [0, 0.1) is 13.8 Å². The first-order valence-electron chi connectivity index (χ1n) is 11.0. The first kappa shape index (κ1) is 21.5. The maximum absolute atomic E-state index is 13.1. The van der Waals surface area contributed by atoms with E-state index in [0.717, 1.165) is 57.0 Å². The molecule has 0 atom stereocenters. The van der Waals surface area contributed by atoms with Crippen LogP contribution in [0.5, 0.6) is 0 Å². The zero-order valence-corrected chi connectivity index (χ0v) is 19.5. The zero-order chi connectivity index (χ0) is 22.8. The number of hydrogen-bond donors (Lipinski definition) is 1. The standard InChI is InChI=1S/C27H25N3O2S/c1-18-7-9-21(16-24(18)26-12-8-20-5-3-4-6-25(20)29-26)28-27(31)23-11-10-22(15-19(23)2)30-17-32-13-14-33-30/h3-12,15-16H,13-14,17H2,1-2H3,(H,28,31). The number of para-hydroxylation sites is 1. The van der Waals surface area contributed by atoms with Crippen LogP contribution in [0.2, 0.25) is 0 Å². The Bertz CT molecular complexity index is 1330. The molecule has 1 saturated heterocycles. The number of hydrogen-bond acceptors (Lipinski definition) is 5. The van der Waals surface area contributed by atoms with E-state index in [-0.39, 0.29) is 5.91 Å². The van der Waals surface area contributed by atoms with Gasteiger partial charge in [0.05, 0.1) is 17.8 Å². The van der Waals surface area contributed by atoms with Crippen LogP contribution in [0.4, 0.5) is 11.4 Å². The maximum atomic E-state index is 13.1. The van der Waals surface area contributed by atoms with Gasteiger partial charge in [0.25, 0.3) is 5.91 Å². The molecule has 1 aliphatic heterocycles. The first-order valence-corrected chi connectivity index (χ1v) is 11.9. The van der Waals surface area contributed by atoms with E-state index in [1.165, 1.54) is 0 Å². The van der Waals surface area contributed by atoms with Crippen LogP contribution in [-0.2, 0) is 4.74 Å². The average Bonchev–Trinajstić information content (AvgIpc) is 2.85. The fraction of sp³-hybridized carbons (Fsp3) is 0.185. The molecule has 1 N–H and O–H groups in total. The summed E-state index contributed by atoms with van der Waals surface area (Å²) in [6.07, 6.45) is 0. The molecule has 0 bridgehead atoms. The Morgan fingerprint density at radius 3 is 2.70 bits per heavy atom. The third-order valence-corrected chi connectivity index (χ3v) is 6.77. The highest BCUT2D eigenvalue weighted by Crippen LogP contribution is 2.29. The van der Waals surface area contributed by atoms with Crippen LogP contribution >= 0.6 is 11.9 Å². The van der Waals surface area contributed by atoms with Gasteiger partial charge in [0.2, 0.25) is 0 Å². The van der Waals surface area contributed by atoms with Gasteiger partial charge in [0.15, 0.2) is 0 Å². The molecule has 2 heterocycles. The van der Waals surface area contributed by atoms with E-state index in [1.807, 2.05) is 67.6 Å². The van der Waals surface area contributed by atoms with Crippen molar-refractivity contribution < 1.29 is 9.53 Å². The lowest BCUT2D eigenvalue weighted by Crippen LogP contribution is -2.26. The van der Waals surface area contributed by atoms with Crippen molar-refractivity contribution in [2.24, 2.45) is 0 Å². The van der Waals surface area contributed by atoms with Crippen LogP contribution in [0.3, 0.4) is 0 Å². The average molecular weight is 456 g/mol. The van der Waals surface area contributed by atoms with Gasteiger partial charge in [-0.2, -0.15) is 0 Å². The fourth-order valence-electron chi connectivity index (χ4n) is 3.99. The number of ether oxygens (including phenoxy) is 1. The molecular weight excluding hydrogens is 430 g/mol. The van der Waals surface area contributed by atoms with Gasteiger partial charge < -0.3 is 10.1 Å². The molecule has 1 fully saturated rings. The number of benzene rings is 3. The number of aromatic nitrogens is 1. The van der Waals surface area contributed by atoms with Crippen molar-refractivity contribution in [2.45, 2.75) is 13.8 Å². The number of nitrogens with one attached hydrogen (secondary N) is 1. The van der Waals surface area contributed by atoms with E-state index >= 15 is 0 Å². The van der Waals surface area contributed by atoms with Crippen molar-refractivity contribution in [3.63, 3.8) is 0 Å².